The quantitative estimate of drug-likeness (QED) is 0.766. The minimum atomic E-state index is 0.451. The summed E-state index contributed by atoms with van der Waals surface area (Å²) in [6.45, 7) is 2.03. The molecule has 16 heavy (non-hydrogen) atoms. The minimum absolute atomic E-state index is 0.451. The van der Waals surface area contributed by atoms with Crippen molar-refractivity contribution in [3.63, 3.8) is 0 Å². The number of benzene rings is 1. The predicted octanol–water partition coefficient (Wildman–Crippen LogP) is 2.90. The van der Waals surface area contributed by atoms with E-state index in [1.165, 1.54) is 0 Å². The third-order valence-electron chi connectivity index (χ3n) is 2.36. The van der Waals surface area contributed by atoms with E-state index in [2.05, 4.69) is 5.10 Å². The monoisotopic (exact) mass is 234 g/mol. The molecule has 0 fully saturated rings. The van der Waals surface area contributed by atoms with Gasteiger partial charge in [0.15, 0.2) is 6.29 Å². The van der Waals surface area contributed by atoms with E-state index in [1.54, 1.807) is 22.9 Å². The zero-order valence-corrected chi connectivity index (χ0v) is 9.61. The van der Waals surface area contributed by atoms with Gasteiger partial charge in [0.1, 0.15) is 5.69 Å². The van der Waals surface area contributed by atoms with Crippen LogP contribution in [0.2, 0.25) is 5.02 Å². The second-order valence-electron chi connectivity index (χ2n) is 3.42. The summed E-state index contributed by atoms with van der Waals surface area (Å²) in [6, 6.07) is 9.16. The Bertz CT molecular complexity index is 502. The van der Waals surface area contributed by atoms with E-state index < -0.39 is 0 Å². The number of rotatable bonds is 3. The highest BCUT2D eigenvalue weighted by atomic mass is 35.5. The maximum Gasteiger partial charge on any atom is 0.170 e. The fraction of sp³-hybridized carbons (Fsp3) is 0.167. The van der Waals surface area contributed by atoms with Crippen molar-refractivity contribution >= 4 is 17.9 Å². The van der Waals surface area contributed by atoms with Crippen molar-refractivity contribution in [2.24, 2.45) is 0 Å². The summed E-state index contributed by atoms with van der Waals surface area (Å²) in [5.74, 6) is 0. The minimum Gasteiger partial charge on any atom is -0.296 e. The Morgan fingerprint density at radius 1 is 1.38 bits per heavy atom. The molecule has 0 aliphatic carbocycles. The van der Waals surface area contributed by atoms with E-state index in [4.69, 9.17) is 11.6 Å². The van der Waals surface area contributed by atoms with Gasteiger partial charge in [-0.1, -0.05) is 18.5 Å². The van der Waals surface area contributed by atoms with Crippen molar-refractivity contribution in [1.82, 2.24) is 9.78 Å². The molecular weight excluding hydrogens is 224 g/mol. The number of aryl methyl sites for hydroxylation is 1. The molecule has 82 valence electrons. The van der Waals surface area contributed by atoms with Crippen LogP contribution in [0.4, 0.5) is 0 Å². The molecule has 2 aromatic rings. The van der Waals surface area contributed by atoms with Crippen LogP contribution in [-0.4, -0.2) is 16.1 Å². The zero-order chi connectivity index (χ0) is 11.5. The lowest BCUT2D eigenvalue weighted by Crippen LogP contribution is -2.01. The highest BCUT2D eigenvalue weighted by Gasteiger charge is 2.07. The van der Waals surface area contributed by atoms with E-state index in [0.717, 1.165) is 24.1 Å². The van der Waals surface area contributed by atoms with Gasteiger partial charge < -0.3 is 0 Å². The molecule has 0 unspecified atom stereocenters. The standard InChI is InChI=1S/C12H11ClN2O/c1-2-11-7-10(8-16)14-15(11)12-5-3-9(13)4-6-12/h3-8H,2H2,1H3. The van der Waals surface area contributed by atoms with Crippen LogP contribution in [0, 0.1) is 0 Å². The first-order valence-electron chi connectivity index (χ1n) is 5.04. The van der Waals surface area contributed by atoms with Crippen LogP contribution in [0.25, 0.3) is 5.69 Å². The SMILES string of the molecule is CCc1cc(C=O)nn1-c1ccc(Cl)cc1. The van der Waals surface area contributed by atoms with Crippen LogP contribution < -0.4 is 0 Å². The topological polar surface area (TPSA) is 34.9 Å². The molecule has 0 bridgehead atoms. The van der Waals surface area contributed by atoms with Crippen LogP contribution >= 0.6 is 11.6 Å². The van der Waals surface area contributed by atoms with Gasteiger partial charge in [-0.2, -0.15) is 5.10 Å². The Kier molecular flexibility index (Phi) is 3.06. The Hall–Kier alpha value is -1.61. The summed E-state index contributed by atoms with van der Waals surface area (Å²) in [5, 5.41) is 4.89. The summed E-state index contributed by atoms with van der Waals surface area (Å²) in [4.78, 5) is 10.7. The molecular formula is C12H11ClN2O. The molecule has 0 spiro atoms. The molecule has 2 rings (SSSR count). The number of aromatic nitrogens is 2. The Balaban J connectivity index is 2.49. The first kappa shape index (κ1) is 10.9. The van der Waals surface area contributed by atoms with E-state index in [0.29, 0.717) is 10.7 Å². The number of hydrogen-bond donors (Lipinski definition) is 0. The molecule has 3 nitrogen and oxygen atoms in total. The van der Waals surface area contributed by atoms with Gasteiger partial charge in [0.05, 0.1) is 5.69 Å². The first-order valence-corrected chi connectivity index (χ1v) is 5.42. The molecule has 0 N–H and O–H groups in total. The third-order valence-corrected chi connectivity index (χ3v) is 2.61. The maximum absolute atomic E-state index is 10.7. The molecule has 1 heterocycles. The number of carbonyl (C=O) groups excluding carboxylic acids is 1. The molecule has 1 aromatic carbocycles. The van der Waals surface area contributed by atoms with Crippen LogP contribution in [0.5, 0.6) is 0 Å². The average molecular weight is 235 g/mol. The molecule has 0 saturated carbocycles. The van der Waals surface area contributed by atoms with E-state index in [-0.39, 0.29) is 0 Å². The lowest BCUT2D eigenvalue weighted by atomic mass is 10.3. The fourth-order valence-corrected chi connectivity index (χ4v) is 1.68. The van der Waals surface area contributed by atoms with Crippen molar-refractivity contribution in [2.75, 3.05) is 0 Å². The predicted molar refractivity (Wildman–Crippen MR) is 63.3 cm³/mol. The second kappa shape index (κ2) is 4.49. The Morgan fingerprint density at radius 3 is 2.62 bits per heavy atom. The lowest BCUT2D eigenvalue weighted by Gasteiger charge is -2.05. The van der Waals surface area contributed by atoms with Crippen LogP contribution in [-0.2, 0) is 6.42 Å². The summed E-state index contributed by atoms with van der Waals surface area (Å²) in [6.07, 6.45) is 1.58. The summed E-state index contributed by atoms with van der Waals surface area (Å²) in [5.41, 5.74) is 2.37. The molecule has 1 aromatic heterocycles. The van der Waals surface area contributed by atoms with Gasteiger partial charge in [0, 0.05) is 10.7 Å². The van der Waals surface area contributed by atoms with Crippen molar-refractivity contribution in [2.45, 2.75) is 13.3 Å². The second-order valence-corrected chi connectivity index (χ2v) is 3.86. The molecule has 0 amide bonds. The van der Waals surface area contributed by atoms with Gasteiger partial charge in [0.2, 0.25) is 0 Å². The zero-order valence-electron chi connectivity index (χ0n) is 8.85. The lowest BCUT2D eigenvalue weighted by molar-refractivity contribution is 0.111. The Morgan fingerprint density at radius 2 is 2.06 bits per heavy atom. The fourth-order valence-electron chi connectivity index (χ4n) is 1.56. The van der Waals surface area contributed by atoms with E-state index in [1.807, 2.05) is 19.1 Å². The van der Waals surface area contributed by atoms with Gasteiger partial charge in [0.25, 0.3) is 0 Å². The Labute approximate surface area is 98.7 Å². The first-order chi connectivity index (χ1) is 7.74. The molecule has 0 aliphatic heterocycles. The summed E-state index contributed by atoms with van der Waals surface area (Å²) in [7, 11) is 0. The number of nitrogens with zero attached hydrogens (tertiary/aromatic N) is 2. The van der Waals surface area contributed by atoms with Gasteiger partial charge in [-0.15, -0.1) is 0 Å². The highest BCUT2D eigenvalue weighted by Crippen LogP contribution is 2.16. The van der Waals surface area contributed by atoms with Crippen molar-refractivity contribution in [3.05, 3.63) is 46.7 Å². The molecule has 0 saturated heterocycles. The van der Waals surface area contributed by atoms with Crippen molar-refractivity contribution in [3.8, 4) is 5.69 Å². The normalized spacial score (nSPS) is 10.4. The third kappa shape index (κ3) is 1.99. The largest absolute Gasteiger partial charge is 0.296 e. The van der Waals surface area contributed by atoms with Crippen molar-refractivity contribution < 1.29 is 4.79 Å². The van der Waals surface area contributed by atoms with E-state index in [9.17, 15) is 4.79 Å². The maximum atomic E-state index is 10.7. The number of hydrogen-bond acceptors (Lipinski definition) is 2. The molecule has 0 aliphatic rings. The van der Waals surface area contributed by atoms with Crippen LogP contribution in [0.1, 0.15) is 23.1 Å². The number of aldehydes is 1. The number of halogens is 1. The smallest absolute Gasteiger partial charge is 0.170 e. The summed E-state index contributed by atoms with van der Waals surface area (Å²) >= 11 is 5.82. The van der Waals surface area contributed by atoms with Gasteiger partial charge in [-0.3, -0.25) is 4.79 Å². The van der Waals surface area contributed by atoms with Crippen LogP contribution in [0.15, 0.2) is 30.3 Å². The van der Waals surface area contributed by atoms with Gasteiger partial charge in [-0.25, -0.2) is 4.68 Å². The highest BCUT2D eigenvalue weighted by molar-refractivity contribution is 6.30. The van der Waals surface area contributed by atoms with Gasteiger partial charge >= 0.3 is 0 Å². The summed E-state index contributed by atoms with van der Waals surface area (Å²) < 4.78 is 1.76. The molecule has 0 radical (unpaired) electrons. The van der Waals surface area contributed by atoms with Gasteiger partial charge in [-0.05, 0) is 36.8 Å². The van der Waals surface area contributed by atoms with Crippen LogP contribution in [0.3, 0.4) is 0 Å². The van der Waals surface area contributed by atoms with Crippen molar-refractivity contribution in [1.29, 1.82) is 0 Å². The number of carbonyl (C=O) groups is 1. The van der Waals surface area contributed by atoms with E-state index >= 15 is 0 Å². The average Bonchev–Trinajstić information content (AvgIpc) is 2.73. The molecule has 0 atom stereocenters. The molecule has 4 heteroatoms.